The van der Waals surface area contributed by atoms with E-state index >= 15 is 0 Å². The van der Waals surface area contributed by atoms with Gasteiger partial charge in [0.25, 0.3) is 0 Å². The maximum atomic E-state index is 8.70. The molecule has 2 aromatic rings. The van der Waals surface area contributed by atoms with E-state index in [2.05, 4.69) is 32.2 Å². The fourth-order valence-corrected chi connectivity index (χ4v) is 2.27. The average molecular weight is 295 g/mol. The molecular formula is C10H7BrN4S. The number of rotatable bonds is 2. The van der Waals surface area contributed by atoms with Crippen molar-refractivity contribution in [3.05, 3.63) is 33.7 Å². The Bertz CT molecular complexity index is 528. The van der Waals surface area contributed by atoms with Crippen molar-refractivity contribution >= 4 is 38.1 Å². The van der Waals surface area contributed by atoms with Crippen LogP contribution in [0.1, 0.15) is 5.56 Å². The smallest absolute Gasteiger partial charge is 0.213 e. The number of hydrogen-bond donors (Lipinski definition) is 0. The van der Waals surface area contributed by atoms with Crippen molar-refractivity contribution in [2.45, 2.75) is 0 Å². The lowest BCUT2D eigenvalue weighted by molar-refractivity contribution is 1.03. The van der Waals surface area contributed by atoms with Gasteiger partial charge in [0.1, 0.15) is 0 Å². The quantitative estimate of drug-likeness (QED) is 0.854. The summed E-state index contributed by atoms with van der Waals surface area (Å²) in [6, 6.07) is 9.41. The molecule has 0 fully saturated rings. The Hall–Kier alpha value is -1.45. The molecule has 1 aromatic carbocycles. The summed E-state index contributed by atoms with van der Waals surface area (Å²) in [6.45, 7) is 0. The molecule has 0 N–H and O–H groups in total. The first-order chi connectivity index (χ1) is 7.70. The van der Waals surface area contributed by atoms with Crippen LogP contribution >= 0.6 is 27.3 Å². The van der Waals surface area contributed by atoms with E-state index in [1.54, 1.807) is 12.1 Å². The molecule has 0 saturated carbocycles. The van der Waals surface area contributed by atoms with Gasteiger partial charge in [-0.05, 0) is 40.2 Å². The molecular weight excluding hydrogens is 288 g/mol. The zero-order valence-corrected chi connectivity index (χ0v) is 10.8. The van der Waals surface area contributed by atoms with Crippen molar-refractivity contribution in [2.24, 2.45) is 0 Å². The maximum absolute atomic E-state index is 8.70. The van der Waals surface area contributed by atoms with E-state index in [4.69, 9.17) is 5.26 Å². The lowest BCUT2D eigenvalue weighted by atomic mass is 10.2. The van der Waals surface area contributed by atoms with Crippen LogP contribution in [0.2, 0.25) is 0 Å². The third-order valence-corrected chi connectivity index (χ3v) is 3.49. The predicted octanol–water partition coefficient (Wildman–Crippen LogP) is 2.94. The van der Waals surface area contributed by atoms with E-state index in [-0.39, 0.29) is 0 Å². The second-order valence-electron chi connectivity index (χ2n) is 3.06. The number of nitrogens with zero attached hydrogens (tertiary/aromatic N) is 4. The molecule has 4 nitrogen and oxygen atoms in total. The van der Waals surface area contributed by atoms with Crippen LogP contribution in [0.15, 0.2) is 28.2 Å². The van der Waals surface area contributed by atoms with Gasteiger partial charge in [-0.1, -0.05) is 11.3 Å². The molecule has 0 saturated heterocycles. The Morgan fingerprint density at radius 2 is 2.00 bits per heavy atom. The van der Waals surface area contributed by atoms with Crippen molar-refractivity contribution in [3.8, 4) is 6.07 Å². The van der Waals surface area contributed by atoms with Gasteiger partial charge in [-0.15, -0.1) is 10.2 Å². The van der Waals surface area contributed by atoms with Crippen LogP contribution in [0.25, 0.3) is 0 Å². The Kier molecular flexibility index (Phi) is 3.17. The number of anilines is 2. The van der Waals surface area contributed by atoms with Crippen molar-refractivity contribution in [2.75, 3.05) is 11.9 Å². The van der Waals surface area contributed by atoms with Gasteiger partial charge in [0, 0.05) is 12.7 Å². The van der Waals surface area contributed by atoms with Gasteiger partial charge >= 0.3 is 0 Å². The summed E-state index contributed by atoms with van der Waals surface area (Å²) in [7, 11) is 1.91. The topological polar surface area (TPSA) is 52.8 Å². The van der Waals surface area contributed by atoms with E-state index in [0.717, 1.165) is 14.7 Å². The molecule has 0 unspecified atom stereocenters. The summed E-state index contributed by atoms with van der Waals surface area (Å²) < 4.78 is 0.753. The van der Waals surface area contributed by atoms with Gasteiger partial charge in [-0.2, -0.15) is 5.26 Å². The van der Waals surface area contributed by atoms with Crippen LogP contribution in [0, 0.1) is 11.3 Å². The molecule has 0 amide bonds. The first-order valence-corrected chi connectivity index (χ1v) is 6.04. The molecule has 1 aromatic heterocycles. The van der Waals surface area contributed by atoms with E-state index in [0.29, 0.717) is 5.56 Å². The Morgan fingerprint density at radius 1 is 1.31 bits per heavy atom. The minimum atomic E-state index is 0.649. The van der Waals surface area contributed by atoms with Gasteiger partial charge in [0.05, 0.1) is 11.6 Å². The first-order valence-electron chi connectivity index (χ1n) is 4.43. The fourth-order valence-electron chi connectivity index (χ4n) is 1.20. The Balaban J connectivity index is 2.27. The zero-order chi connectivity index (χ0) is 11.5. The molecule has 0 aliphatic rings. The lowest BCUT2D eigenvalue weighted by Crippen LogP contribution is -2.08. The second kappa shape index (κ2) is 4.60. The van der Waals surface area contributed by atoms with Crippen molar-refractivity contribution < 1.29 is 0 Å². The largest absolute Gasteiger partial charge is 0.319 e. The number of nitriles is 1. The molecule has 1 heterocycles. The highest BCUT2D eigenvalue weighted by atomic mass is 79.9. The molecule has 0 spiro atoms. The molecule has 0 radical (unpaired) electrons. The van der Waals surface area contributed by atoms with Gasteiger partial charge in [0.2, 0.25) is 5.13 Å². The minimum Gasteiger partial charge on any atom is -0.319 e. The third kappa shape index (κ3) is 2.21. The summed E-state index contributed by atoms with van der Waals surface area (Å²) in [5.74, 6) is 0. The average Bonchev–Trinajstić information content (AvgIpc) is 2.75. The molecule has 0 bridgehead atoms. The van der Waals surface area contributed by atoms with Crippen LogP contribution in [-0.4, -0.2) is 17.2 Å². The van der Waals surface area contributed by atoms with Crippen molar-refractivity contribution in [1.82, 2.24) is 10.2 Å². The van der Waals surface area contributed by atoms with Crippen LogP contribution in [0.4, 0.5) is 10.8 Å². The lowest BCUT2D eigenvalue weighted by Gasteiger charge is -2.14. The number of halogens is 1. The summed E-state index contributed by atoms with van der Waals surface area (Å²) in [5, 5.41) is 17.4. The Labute approximate surface area is 105 Å². The van der Waals surface area contributed by atoms with Crippen LogP contribution in [0.5, 0.6) is 0 Å². The van der Waals surface area contributed by atoms with E-state index < -0.39 is 0 Å². The zero-order valence-electron chi connectivity index (χ0n) is 8.38. The maximum Gasteiger partial charge on any atom is 0.213 e. The molecule has 16 heavy (non-hydrogen) atoms. The minimum absolute atomic E-state index is 0.649. The summed E-state index contributed by atoms with van der Waals surface area (Å²) in [4.78, 5) is 1.92. The number of benzene rings is 1. The summed E-state index contributed by atoms with van der Waals surface area (Å²) in [6.07, 6.45) is 0. The van der Waals surface area contributed by atoms with E-state index in [9.17, 15) is 0 Å². The van der Waals surface area contributed by atoms with Gasteiger partial charge < -0.3 is 4.90 Å². The fraction of sp³-hybridized carbons (Fsp3) is 0.100. The van der Waals surface area contributed by atoms with Crippen LogP contribution in [0.3, 0.4) is 0 Å². The molecule has 2 rings (SSSR count). The van der Waals surface area contributed by atoms with E-state index in [1.165, 1.54) is 11.3 Å². The van der Waals surface area contributed by atoms with Crippen LogP contribution in [-0.2, 0) is 0 Å². The number of hydrogen-bond acceptors (Lipinski definition) is 5. The molecule has 6 heteroatoms. The summed E-state index contributed by atoms with van der Waals surface area (Å²) >= 11 is 4.73. The predicted molar refractivity (Wildman–Crippen MR) is 66.8 cm³/mol. The molecule has 0 atom stereocenters. The SMILES string of the molecule is CN(c1ccc(C#N)cc1)c1nnc(Br)s1. The van der Waals surface area contributed by atoms with Crippen molar-refractivity contribution in [3.63, 3.8) is 0 Å². The summed E-state index contributed by atoms with van der Waals surface area (Å²) in [5.41, 5.74) is 1.62. The highest BCUT2D eigenvalue weighted by Crippen LogP contribution is 2.28. The molecule has 80 valence electrons. The normalized spacial score (nSPS) is 9.81. The molecule has 0 aliphatic carbocycles. The second-order valence-corrected chi connectivity index (χ2v) is 5.29. The Morgan fingerprint density at radius 3 is 2.50 bits per heavy atom. The van der Waals surface area contributed by atoms with Crippen LogP contribution < -0.4 is 4.90 Å². The number of aromatic nitrogens is 2. The third-order valence-electron chi connectivity index (χ3n) is 2.06. The standard InChI is InChI=1S/C10H7BrN4S/c1-15(10-14-13-9(11)16-10)8-4-2-7(6-12)3-5-8/h2-5H,1H3. The first kappa shape index (κ1) is 11.0. The van der Waals surface area contributed by atoms with Crippen molar-refractivity contribution in [1.29, 1.82) is 5.26 Å². The van der Waals surface area contributed by atoms with E-state index in [1.807, 2.05) is 24.1 Å². The van der Waals surface area contributed by atoms with Gasteiger partial charge in [-0.3, -0.25) is 0 Å². The highest BCUT2D eigenvalue weighted by Gasteiger charge is 2.08. The van der Waals surface area contributed by atoms with Gasteiger partial charge in [-0.25, -0.2) is 0 Å². The monoisotopic (exact) mass is 294 g/mol. The highest BCUT2D eigenvalue weighted by molar-refractivity contribution is 9.11. The molecule has 0 aliphatic heterocycles. The van der Waals surface area contributed by atoms with Gasteiger partial charge in [0.15, 0.2) is 3.92 Å².